The average Bonchev–Trinajstić information content (AvgIpc) is 3.50. The Balaban J connectivity index is 1.75. The van der Waals surface area contributed by atoms with Crippen LogP contribution in [-0.2, 0) is 26.2 Å². The van der Waals surface area contributed by atoms with E-state index in [9.17, 15) is 18.0 Å². The second-order valence-corrected chi connectivity index (χ2v) is 13.3. The van der Waals surface area contributed by atoms with Crippen molar-refractivity contribution in [3.63, 3.8) is 0 Å². The summed E-state index contributed by atoms with van der Waals surface area (Å²) in [5, 5.41) is 3.15. The molecule has 9 heteroatoms. The highest BCUT2D eigenvalue weighted by Crippen LogP contribution is 2.29. The van der Waals surface area contributed by atoms with Gasteiger partial charge in [0.05, 0.1) is 17.7 Å². The molecule has 1 N–H and O–H groups in total. The molecule has 1 aliphatic rings. The van der Waals surface area contributed by atoms with Crippen LogP contribution < -0.4 is 14.4 Å². The number of nitrogens with one attached hydrogen (secondary N) is 1. The highest BCUT2D eigenvalue weighted by molar-refractivity contribution is 7.92. The molecular weight excluding hydrogens is 562 g/mol. The Morgan fingerprint density at radius 3 is 2.28 bits per heavy atom. The maximum absolute atomic E-state index is 14.4. The normalized spacial score (nSPS) is 14.3. The zero-order valence-electron chi connectivity index (χ0n) is 25.8. The number of anilines is 1. The fraction of sp³-hybridized carbons (Fsp3) is 0.412. The topological polar surface area (TPSA) is 96.0 Å². The number of carbonyl (C=O) groups is 2. The standard InChI is InChI=1S/C34H43N3O5S/c1-6-31(34(39)35-28-11-7-8-12-28)36(22-27-10-9-13-29(21-27)42-5)33(38)23-37(32-20-25(3)14-17-26(32)4)43(40,41)30-18-15-24(2)16-19-30/h9-10,13-21,28,31H,6-8,11-12,22-23H2,1-5H3,(H,35,39). The third-order valence-electron chi connectivity index (χ3n) is 8.10. The van der Waals surface area contributed by atoms with Gasteiger partial charge in [0.1, 0.15) is 18.3 Å². The van der Waals surface area contributed by atoms with Crippen molar-refractivity contribution < 1.29 is 22.7 Å². The first-order valence-corrected chi connectivity index (χ1v) is 16.4. The molecule has 8 nitrogen and oxygen atoms in total. The lowest BCUT2D eigenvalue weighted by Crippen LogP contribution is -2.53. The molecule has 3 aromatic carbocycles. The van der Waals surface area contributed by atoms with E-state index >= 15 is 0 Å². The third kappa shape index (κ3) is 7.76. The maximum Gasteiger partial charge on any atom is 0.264 e. The Morgan fingerprint density at radius 1 is 0.953 bits per heavy atom. The first-order chi connectivity index (χ1) is 20.5. The molecule has 3 aromatic rings. The van der Waals surface area contributed by atoms with E-state index in [1.165, 1.54) is 9.21 Å². The van der Waals surface area contributed by atoms with Crippen LogP contribution >= 0.6 is 0 Å². The summed E-state index contributed by atoms with van der Waals surface area (Å²) in [5.41, 5.74) is 3.72. The average molecular weight is 606 g/mol. The first-order valence-electron chi connectivity index (χ1n) is 14.9. The summed E-state index contributed by atoms with van der Waals surface area (Å²) in [7, 11) is -2.55. The Morgan fingerprint density at radius 2 is 1.63 bits per heavy atom. The molecule has 0 heterocycles. The van der Waals surface area contributed by atoms with Crippen LogP contribution in [-0.4, -0.2) is 50.9 Å². The van der Waals surface area contributed by atoms with Gasteiger partial charge in [0.2, 0.25) is 11.8 Å². The predicted octanol–water partition coefficient (Wildman–Crippen LogP) is 5.68. The molecule has 2 amide bonds. The van der Waals surface area contributed by atoms with Crippen molar-refractivity contribution >= 4 is 27.5 Å². The molecule has 0 aliphatic heterocycles. The van der Waals surface area contributed by atoms with Gasteiger partial charge in [0, 0.05) is 12.6 Å². The number of hydrogen-bond acceptors (Lipinski definition) is 5. The van der Waals surface area contributed by atoms with Crippen LogP contribution in [0, 0.1) is 20.8 Å². The number of ether oxygens (including phenoxy) is 1. The number of aryl methyl sites for hydroxylation is 3. The van der Waals surface area contributed by atoms with Crippen molar-refractivity contribution in [2.75, 3.05) is 18.0 Å². The van der Waals surface area contributed by atoms with E-state index in [0.717, 1.165) is 47.9 Å². The highest BCUT2D eigenvalue weighted by Gasteiger charge is 2.35. The van der Waals surface area contributed by atoms with Gasteiger partial charge >= 0.3 is 0 Å². The van der Waals surface area contributed by atoms with E-state index < -0.39 is 28.5 Å². The number of rotatable bonds is 12. The van der Waals surface area contributed by atoms with E-state index in [1.807, 2.05) is 64.1 Å². The van der Waals surface area contributed by atoms with Gasteiger partial charge in [-0.05, 0) is 87.1 Å². The van der Waals surface area contributed by atoms with Crippen LogP contribution in [0.25, 0.3) is 0 Å². The number of benzene rings is 3. The summed E-state index contributed by atoms with van der Waals surface area (Å²) in [6.45, 7) is 7.14. The van der Waals surface area contributed by atoms with Crippen LogP contribution in [0.2, 0.25) is 0 Å². The summed E-state index contributed by atoms with van der Waals surface area (Å²) in [6.07, 6.45) is 4.34. The van der Waals surface area contributed by atoms with Gasteiger partial charge in [-0.1, -0.05) is 61.7 Å². The molecule has 43 heavy (non-hydrogen) atoms. The van der Waals surface area contributed by atoms with E-state index in [4.69, 9.17) is 4.74 Å². The monoisotopic (exact) mass is 605 g/mol. The quantitative estimate of drug-likeness (QED) is 0.287. The van der Waals surface area contributed by atoms with Crippen molar-refractivity contribution in [2.45, 2.75) is 83.3 Å². The smallest absolute Gasteiger partial charge is 0.264 e. The van der Waals surface area contributed by atoms with Gasteiger partial charge in [-0.3, -0.25) is 13.9 Å². The highest BCUT2D eigenvalue weighted by atomic mass is 32.2. The van der Waals surface area contributed by atoms with E-state index in [0.29, 0.717) is 17.9 Å². The molecule has 1 unspecified atom stereocenters. The molecular formula is C34H43N3O5S. The molecule has 1 fully saturated rings. The fourth-order valence-electron chi connectivity index (χ4n) is 5.59. The minimum atomic E-state index is -4.13. The molecule has 0 radical (unpaired) electrons. The summed E-state index contributed by atoms with van der Waals surface area (Å²) in [6, 6.07) is 18.8. The van der Waals surface area contributed by atoms with Crippen molar-refractivity contribution in [1.29, 1.82) is 0 Å². The van der Waals surface area contributed by atoms with Crippen LogP contribution in [0.5, 0.6) is 5.75 Å². The van der Waals surface area contributed by atoms with Gasteiger partial charge in [0.25, 0.3) is 10.0 Å². The van der Waals surface area contributed by atoms with Crippen LogP contribution in [0.3, 0.4) is 0 Å². The SMILES string of the molecule is CCC(C(=O)NC1CCCC1)N(Cc1cccc(OC)c1)C(=O)CN(c1cc(C)ccc1C)S(=O)(=O)c1ccc(C)cc1. The summed E-state index contributed by atoms with van der Waals surface area (Å²) in [5.74, 6) is -0.0505. The van der Waals surface area contributed by atoms with Crippen LogP contribution in [0.4, 0.5) is 5.69 Å². The second-order valence-electron chi connectivity index (χ2n) is 11.4. The van der Waals surface area contributed by atoms with Crippen molar-refractivity contribution in [1.82, 2.24) is 10.2 Å². The zero-order chi connectivity index (χ0) is 31.1. The Labute approximate surface area is 256 Å². The minimum absolute atomic E-state index is 0.0867. The molecule has 0 aromatic heterocycles. The van der Waals surface area contributed by atoms with Crippen molar-refractivity contribution in [2.24, 2.45) is 0 Å². The number of nitrogens with zero attached hydrogens (tertiary/aromatic N) is 2. The molecule has 4 rings (SSSR count). The van der Waals surface area contributed by atoms with Crippen molar-refractivity contribution in [3.05, 3.63) is 89.0 Å². The summed E-state index contributed by atoms with van der Waals surface area (Å²) in [4.78, 5) is 29.6. The second kappa shape index (κ2) is 14.1. The van der Waals surface area contributed by atoms with Crippen molar-refractivity contribution in [3.8, 4) is 5.75 Å². The molecule has 1 saturated carbocycles. The Bertz CT molecular complexity index is 1530. The maximum atomic E-state index is 14.4. The van der Waals surface area contributed by atoms with E-state index in [-0.39, 0.29) is 23.4 Å². The van der Waals surface area contributed by atoms with E-state index in [2.05, 4.69) is 5.32 Å². The van der Waals surface area contributed by atoms with E-state index in [1.54, 1.807) is 37.4 Å². The third-order valence-corrected chi connectivity index (χ3v) is 9.87. The lowest BCUT2D eigenvalue weighted by Gasteiger charge is -2.34. The number of hydrogen-bond donors (Lipinski definition) is 1. The fourth-order valence-corrected chi connectivity index (χ4v) is 7.06. The number of sulfonamides is 1. The van der Waals surface area contributed by atoms with Gasteiger partial charge in [-0.2, -0.15) is 0 Å². The Hall–Kier alpha value is -3.85. The number of carbonyl (C=O) groups excluding carboxylic acids is 2. The molecule has 0 spiro atoms. The summed E-state index contributed by atoms with van der Waals surface area (Å²) < 4.78 is 34.9. The van der Waals surface area contributed by atoms with Gasteiger partial charge in [-0.15, -0.1) is 0 Å². The number of methoxy groups -OCH3 is 1. The predicted molar refractivity (Wildman–Crippen MR) is 170 cm³/mol. The van der Waals surface area contributed by atoms with Gasteiger partial charge in [0.15, 0.2) is 0 Å². The van der Waals surface area contributed by atoms with Crippen LogP contribution in [0.1, 0.15) is 61.3 Å². The minimum Gasteiger partial charge on any atom is -0.497 e. The van der Waals surface area contributed by atoms with Gasteiger partial charge < -0.3 is 15.0 Å². The number of amides is 2. The van der Waals surface area contributed by atoms with Crippen LogP contribution in [0.15, 0.2) is 71.6 Å². The zero-order valence-corrected chi connectivity index (χ0v) is 26.6. The lowest BCUT2D eigenvalue weighted by molar-refractivity contribution is -0.140. The largest absolute Gasteiger partial charge is 0.497 e. The molecule has 0 bridgehead atoms. The molecule has 1 aliphatic carbocycles. The summed E-state index contributed by atoms with van der Waals surface area (Å²) >= 11 is 0. The Kier molecular flexibility index (Phi) is 10.5. The molecule has 230 valence electrons. The first kappa shape index (κ1) is 32.1. The molecule has 1 atom stereocenters. The lowest BCUT2D eigenvalue weighted by atomic mass is 10.1. The molecule has 0 saturated heterocycles. The van der Waals surface area contributed by atoms with Gasteiger partial charge in [-0.25, -0.2) is 8.42 Å².